The van der Waals surface area contributed by atoms with E-state index < -0.39 is 24.0 Å². The van der Waals surface area contributed by atoms with Crippen LogP contribution in [0.25, 0.3) is 16.7 Å². The lowest BCUT2D eigenvalue weighted by Gasteiger charge is -2.28. The van der Waals surface area contributed by atoms with Gasteiger partial charge in [-0.2, -0.15) is 0 Å². The van der Waals surface area contributed by atoms with Gasteiger partial charge in [0.2, 0.25) is 0 Å². The predicted octanol–water partition coefficient (Wildman–Crippen LogP) is 3.38. The molecule has 1 saturated heterocycles. The average Bonchev–Trinajstić information content (AvgIpc) is 3.58. The Morgan fingerprint density at radius 3 is 2.59 bits per heavy atom. The van der Waals surface area contributed by atoms with Crippen molar-refractivity contribution in [2.24, 2.45) is 0 Å². The number of hydrogen-bond donors (Lipinski definition) is 3. The molecule has 0 saturated carbocycles. The molecule has 4 aromatic rings. The monoisotopic (exact) mass is 518 g/mol. The fraction of sp³-hybridized carbons (Fsp3) is 0.250. The van der Waals surface area contributed by atoms with Crippen molar-refractivity contribution in [1.82, 2.24) is 19.8 Å². The van der Waals surface area contributed by atoms with Crippen LogP contribution in [0.15, 0.2) is 79.1 Å². The number of carbonyl (C=O) groups is 2. The van der Waals surface area contributed by atoms with E-state index in [0.717, 1.165) is 34.3 Å². The Morgan fingerprint density at radius 2 is 1.81 bits per heavy atom. The van der Waals surface area contributed by atoms with Gasteiger partial charge in [0.1, 0.15) is 6.33 Å². The van der Waals surface area contributed by atoms with Crippen molar-refractivity contribution in [3.05, 3.63) is 95.3 Å². The number of aromatic nitrogens is 2. The zero-order valence-corrected chi connectivity index (χ0v) is 20.8. The second kappa shape index (κ2) is 10.7. The molecule has 3 N–H and O–H groups in total. The molecule has 3 atom stereocenters. The molecule has 1 unspecified atom stereocenters. The molecule has 3 aromatic carbocycles. The number of imidazole rings is 1. The summed E-state index contributed by atoms with van der Waals surface area (Å²) >= 11 is 6.10. The van der Waals surface area contributed by atoms with Crippen LogP contribution in [0.2, 0.25) is 5.02 Å². The molecule has 9 heteroatoms. The van der Waals surface area contributed by atoms with E-state index in [2.05, 4.69) is 10.3 Å². The zero-order valence-electron chi connectivity index (χ0n) is 20.0. The Kier molecular flexibility index (Phi) is 7.23. The molecule has 1 aliphatic rings. The lowest BCUT2D eigenvalue weighted by Crippen LogP contribution is -2.50. The van der Waals surface area contributed by atoms with Crippen LogP contribution in [-0.2, 0) is 16.1 Å². The maximum Gasteiger partial charge on any atom is 0.255 e. The van der Waals surface area contributed by atoms with Crippen molar-refractivity contribution in [3.63, 3.8) is 0 Å². The fourth-order valence-electron chi connectivity index (χ4n) is 4.77. The minimum Gasteiger partial charge on any atom is -0.380 e. The van der Waals surface area contributed by atoms with Crippen molar-refractivity contribution < 1.29 is 19.8 Å². The molecular weight excluding hydrogens is 492 g/mol. The van der Waals surface area contributed by atoms with E-state index in [9.17, 15) is 19.8 Å². The molecule has 2 heterocycles. The SMILES string of the molecule is O=C(NCc1ccc(-n2cnc3ccccc32)cc1)[C@H](O)[C@@H](O)C(=O)N1CCCC1c1cccc(Cl)c1. The van der Waals surface area contributed by atoms with Crippen LogP contribution in [0.5, 0.6) is 0 Å². The summed E-state index contributed by atoms with van der Waals surface area (Å²) in [5, 5.41) is 24.1. The first-order valence-corrected chi connectivity index (χ1v) is 12.5. The number of nitrogens with zero attached hydrogens (tertiary/aromatic N) is 3. The number of hydrogen-bond acceptors (Lipinski definition) is 5. The van der Waals surface area contributed by atoms with Crippen molar-refractivity contribution in [2.75, 3.05) is 6.54 Å². The molecular formula is C28H27ClN4O4. The highest BCUT2D eigenvalue weighted by Crippen LogP contribution is 2.33. The largest absolute Gasteiger partial charge is 0.380 e. The summed E-state index contributed by atoms with van der Waals surface area (Å²) in [6.45, 7) is 0.566. The van der Waals surface area contributed by atoms with Gasteiger partial charge in [0.25, 0.3) is 11.8 Å². The smallest absolute Gasteiger partial charge is 0.255 e. The highest BCUT2D eigenvalue weighted by atomic mass is 35.5. The number of nitrogens with one attached hydrogen (secondary N) is 1. The second-order valence-electron chi connectivity index (χ2n) is 9.12. The van der Waals surface area contributed by atoms with Crippen LogP contribution in [0.4, 0.5) is 0 Å². The number of aliphatic hydroxyl groups excluding tert-OH is 2. The van der Waals surface area contributed by atoms with Crippen LogP contribution >= 0.6 is 11.6 Å². The first-order chi connectivity index (χ1) is 17.9. The third-order valence-corrected chi connectivity index (χ3v) is 6.96. The Morgan fingerprint density at radius 1 is 1.03 bits per heavy atom. The normalized spacial score (nSPS) is 17.1. The van der Waals surface area contributed by atoms with E-state index in [1.165, 1.54) is 4.90 Å². The molecule has 37 heavy (non-hydrogen) atoms. The number of para-hydroxylation sites is 2. The van der Waals surface area contributed by atoms with Crippen molar-refractivity contribution in [2.45, 2.75) is 37.6 Å². The highest BCUT2D eigenvalue weighted by Gasteiger charge is 2.38. The third kappa shape index (κ3) is 5.22. The molecule has 1 aliphatic heterocycles. The molecule has 8 nitrogen and oxygen atoms in total. The summed E-state index contributed by atoms with van der Waals surface area (Å²) in [7, 11) is 0. The zero-order chi connectivity index (χ0) is 25.9. The number of carbonyl (C=O) groups excluding carboxylic acids is 2. The molecule has 0 aliphatic carbocycles. The van der Waals surface area contributed by atoms with E-state index in [0.29, 0.717) is 18.0 Å². The van der Waals surface area contributed by atoms with Crippen molar-refractivity contribution >= 4 is 34.4 Å². The molecule has 1 aromatic heterocycles. The lowest BCUT2D eigenvalue weighted by atomic mass is 10.0. The number of amides is 2. The van der Waals surface area contributed by atoms with Crippen LogP contribution in [-0.4, -0.2) is 55.2 Å². The van der Waals surface area contributed by atoms with Gasteiger partial charge in [-0.05, 0) is 60.4 Å². The van der Waals surface area contributed by atoms with Crippen LogP contribution in [0.3, 0.4) is 0 Å². The van der Waals surface area contributed by atoms with Gasteiger partial charge in [-0.25, -0.2) is 4.98 Å². The number of halogens is 1. The topological polar surface area (TPSA) is 108 Å². The summed E-state index contributed by atoms with van der Waals surface area (Å²) in [6.07, 6.45) is -0.524. The summed E-state index contributed by atoms with van der Waals surface area (Å²) in [6, 6.07) is 22.3. The minimum atomic E-state index is -1.88. The number of fused-ring (bicyclic) bond motifs is 1. The van der Waals surface area contributed by atoms with Gasteiger partial charge < -0.3 is 20.4 Å². The van der Waals surface area contributed by atoms with Crippen LogP contribution < -0.4 is 5.32 Å². The van der Waals surface area contributed by atoms with Gasteiger partial charge in [-0.1, -0.05) is 48.0 Å². The maximum absolute atomic E-state index is 13.0. The van der Waals surface area contributed by atoms with Gasteiger partial charge in [0.05, 0.1) is 17.1 Å². The summed E-state index contributed by atoms with van der Waals surface area (Å²) < 4.78 is 1.97. The van der Waals surface area contributed by atoms with E-state index in [-0.39, 0.29) is 12.6 Å². The number of rotatable bonds is 7. The van der Waals surface area contributed by atoms with Gasteiger partial charge >= 0.3 is 0 Å². The predicted molar refractivity (Wildman–Crippen MR) is 140 cm³/mol. The Bertz CT molecular complexity index is 1420. The van der Waals surface area contributed by atoms with E-state index >= 15 is 0 Å². The molecule has 5 rings (SSSR count). The van der Waals surface area contributed by atoms with E-state index in [1.807, 2.05) is 65.2 Å². The minimum absolute atomic E-state index is 0.136. The van der Waals surface area contributed by atoms with Crippen molar-refractivity contribution in [3.8, 4) is 5.69 Å². The molecule has 1 fully saturated rings. The summed E-state index contributed by atoms with van der Waals surface area (Å²) in [5.41, 5.74) is 4.46. The Balaban J connectivity index is 1.19. The van der Waals surface area contributed by atoms with Gasteiger partial charge in [0.15, 0.2) is 12.2 Å². The fourth-order valence-corrected chi connectivity index (χ4v) is 4.97. The first kappa shape index (κ1) is 25.0. The average molecular weight is 519 g/mol. The molecule has 190 valence electrons. The summed E-state index contributed by atoms with van der Waals surface area (Å²) in [5.74, 6) is -1.49. The third-order valence-electron chi connectivity index (χ3n) is 6.72. The Labute approximate surface area is 219 Å². The molecule has 0 bridgehead atoms. The standard InChI is InChI=1S/C28H27ClN4O4/c29-20-6-3-5-19(15-20)23-9-4-14-32(23)28(37)26(35)25(34)27(36)30-16-18-10-12-21(13-11-18)33-17-31-22-7-1-2-8-24(22)33/h1-3,5-8,10-13,15,17,23,25-26,34-35H,4,9,14,16H2,(H,30,36)/t23?,25-,26-/m1/s1. The van der Waals surface area contributed by atoms with E-state index in [1.54, 1.807) is 18.5 Å². The number of aliphatic hydroxyl groups is 2. The second-order valence-corrected chi connectivity index (χ2v) is 9.56. The van der Waals surface area contributed by atoms with E-state index in [4.69, 9.17) is 11.6 Å². The molecule has 0 spiro atoms. The summed E-state index contributed by atoms with van der Waals surface area (Å²) in [4.78, 5) is 31.4. The van der Waals surface area contributed by atoms with Crippen LogP contribution in [0.1, 0.15) is 30.0 Å². The maximum atomic E-state index is 13.0. The quantitative estimate of drug-likeness (QED) is 0.347. The van der Waals surface area contributed by atoms with Gasteiger partial charge in [-0.15, -0.1) is 0 Å². The number of benzene rings is 3. The highest BCUT2D eigenvalue weighted by molar-refractivity contribution is 6.30. The number of likely N-dealkylation sites (tertiary alicyclic amines) is 1. The molecule has 0 radical (unpaired) electrons. The Hall–Kier alpha value is -3.72. The van der Waals surface area contributed by atoms with Crippen LogP contribution in [0, 0.1) is 0 Å². The first-order valence-electron chi connectivity index (χ1n) is 12.1. The lowest BCUT2D eigenvalue weighted by molar-refractivity contribution is -0.153. The van der Waals surface area contributed by atoms with Crippen molar-refractivity contribution in [1.29, 1.82) is 0 Å². The van der Waals surface area contributed by atoms with Gasteiger partial charge in [0, 0.05) is 23.8 Å². The molecule has 2 amide bonds. The van der Waals surface area contributed by atoms with Gasteiger partial charge in [-0.3, -0.25) is 14.2 Å².